The zero-order chi connectivity index (χ0) is 18.8. The molecule has 2 aromatic carbocycles. The molecule has 26 heavy (non-hydrogen) atoms. The zero-order valence-electron chi connectivity index (χ0n) is 15.1. The van der Waals surface area contributed by atoms with E-state index in [1.807, 2.05) is 18.2 Å². The van der Waals surface area contributed by atoms with Crippen molar-refractivity contribution in [3.8, 4) is 5.75 Å². The van der Waals surface area contributed by atoms with Gasteiger partial charge in [-0.1, -0.05) is 38.1 Å². The van der Waals surface area contributed by atoms with Crippen molar-refractivity contribution in [3.05, 3.63) is 54.6 Å². The lowest BCUT2D eigenvalue weighted by Gasteiger charge is -2.11. The van der Waals surface area contributed by atoms with Gasteiger partial charge in [-0.2, -0.15) is 0 Å². The molecule has 138 valence electrons. The van der Waals surface area contributed by atoms with Gasteiger partial charge in [-0.05, 0) is 36.6 Å². The maximum atomic E-state index is 11.9. The van der Waals surface area contributed by atoms with Gasteiger partial charge in [0.1, 0.15) is 5.75 Å². The van der Waals surface area contributed by atoms with E-state index < -0.39 is 0 Å². The molecule has 2 aromatic rings. The predicted molar refractivity (Wildman–Crippen MR) is 103 cm³/mol. The van der Waals surface area contributed by atoms with E-state index in [0.717, 1.165) is 12.1 Å². The Hall–Kier alpha value is -3.02. The molecule has 0 heterocycles. The summed E-state index contributed by atoms with van der Waals surface area (Å²) in [6, 6.07) is 15.9. The summed E-state index contributed by atoms with van der Waals surface area (Å²) in [6.45, 7) is 4.72. The molecule has 0 atom stereocenters. The first-order valence-corrected chi connectivity index (χ1v) is 8.65. The number of hydrogen-bond acceptors (Lipinski definition) is 3. The lowest BCUT2D eigenvalue weighted by Crippen LogP contribution is -2.30. The van der Waals surface area contributed by atoms with E-state index >= 15 is 0 Å². The van der Waals surface area contributed by atoms with Crippen molar-refractivity contribution in [2.45, 2.75) is 20.3 Å². The molecule has 2 rings (SSSR count). The van der Waals surface area contributed by atoms with Crippen molar-refractivity contribution in [1.29, 1.82) is 0 Å². The summed E-state index contributed by atoms with van der Waals surface area (Å²) in [5.41, 5.74) is 1.32. The number of para-hydroxylation sites is 1. The highest BCUT2D eigenvalue weighted by molar-refractivity contribution is 5.92. The molecule has 6 nitrogen and oxygen atoms in total. The number of rotatable bonds is 8. The number of ether oxygens (including phenoxy) is 1. The Morgan fingerprint density at radius 1 is 0.962 bits per heavy atom. The van der Waals surface area contributed by atoms with Crippen LogP contribution in [0.15, 0.2) is 54.6 Å². The largest absolute Gasteiger partial charge is 0.484 e. The number of anilines is 2. The average molecular weight is 355 g/mol. The van der Waals surface area contributed by atoms with Crippen LogP contribution in [0.25, 0.3) is 0 Å². The molecule has 0 saturated carbocycles. The molecule has 6 heteroatoms. The highest BCUT2D eigenvalue weighted by Crippen LogP contribution is 2.17. The lowest BCUT2D eigenvalue weighted by atomic mass is 10.1. The first kappa shape index (κ1) is 19.3. The Labute approximate surface area is 153 Å². The van der Waals surface area contributed by atoms with Gasteiger partial charge >= 0.3 is 6.03 Å². The second kappa shape index (κ2) is 10.1. The highest BCUT2D eigenvalue weighted by Gasteiger charge is 2.06. The maximum absolute atomic E-state index is 11.9. The van der Waals surface area contributed by atoms with Gasteiger partial charge < -0.3 is 20.7 Å². The molecule has 0 aliphatic rings. The molecule has 0 saturated heterocycles. The molecule has 0 bridgehead atoms. The summed E-state index contributed by atoms with van der Waals surface area (Å²) >= 11 is 0. The molecule has 0 fully saturated rings. The molecule has 0 radical (unpaired) electrons. The third-order valence-corrected chi connectivity index (χ3v) is 3.53. The van der Waals surface area contributed by atoms with E-state index in [4.69, 9.17) is 4.74 Å². The average Bonchev–Trinajstić information content (AvgIpc) is 2.61. The van der Waals surface area contributed by atoms with Gasteiger partial charge in [0.2, 0.25) is 0 Å². The van der Waals surface area contributed by atoms with Crippen molar-refractivity contribution in [2.24, 2.45) is 5.92 Å². The normalized spacial score (nSPS) is 10.3. The van der Waals surface area contributed by atoms with Crippen LogP contribution in [0.3, 0.4) is 0 Å². The van der Waals surface area contributed by atoms with Crippen LogP contribution in [-0.4, -0.2) is 25.1 Å². The van der Waals surface area contributed by atoms with Crippen molar-refractivity contribution < 1.29 is 14.3 Å². The predicted octanol–water partition coefficient (Wildman–Crippen LogP) is 3.87. The molecular weight excluding hydrogens is 330 g/mol. The van der Waals surface area contributed by atoms with Crippen LogP contribution in [0, 0.1) is 5.92 Å². The number of hydrogen-bond donors (Lipinski definition) is 3. The van der Waals surface area contributed by atoms with Crippen LogP contribution < -0.4 is 20.7 Å². The molecular formula is C20H25N3O3. The van der Waals surface area contributed by atoms with Crippen molar-refractivity contribution in [2.75, 3.05) is 23.8 Å². The van der Waals surface area contributed by atoms with Gasteiger partial charge in [0.05, 0.1) is 0 Å². The van der Waals surface area contributed by atoms with Crippen LogP contribution in [0.4, 0.5) is 16.2 Å². The smallest absolute Gasteiger partial charge is 0.319 e. The molecule has 3 amide bonds. The topological polar surface area (TPSA) is 79.5 Å². The number of benzene rings is 2. The van der Waals surface area contributed by atoms with Gasteiger partial charge in [0, 0.05) is 24.0 Å². The minimum atomic E-state index is -0.260. The van der Waals surface area contributed by atoms with Crippen molar-refractivity contribution in [1.82, 2.24) is 5.32 Å². The Kier molecular flexibility index (Phi) is 7.49. The number of urea groups is 1. The standard InChI is InChI=1S/C20H25N3O3/c1-15(2)11-12-21-20(25)23-17-9-6-10-18(13-17)26-14-19(24)22-16-7-4-3-5-8-16/h3-10,13,15H,11-12,14H2,1-2H3,(H,22,24)(H2,21,23,25). The first-order valence-electron chi connectivity index (χ1n) is 8.65. The molecule has 0 aliphatic heterocycles. The molecule has 0 aliphatic carbocycles. The van der Waals surface area contributed by atoms with E-state index in [0.29, 0.717) is 23.9 Å². The zero-order valence-corrected chi connectivity index (χ0v) is 15.1. The second-order valence-corrected chi connectivity index (χ2v) is 6.29. The van der Waals surface area contributed by atoms with Crippen molar-refractivity contribution >= 4 is 23.3 Å². The number of carbonyl (C=O) groups excluding carboxylic acids is 2. The van der Waals surface area contributed by atoms with E-state index in [1.165, 1.54) is 0 Å². The molecule has 3 N–H and O–H groups in total. The minimum Gasteiger partial charge on any atom is -0.484 e. The minimum absolute atomic E-state index is 0.112. The summed E-state index contributed by atoms with van der Waals surface area (Å²) in [5, 5.41) is 8.30. The quantitative estimate of drug-likeness (QED) is 0.672. The van der Waals surface area contributed by atoms with Crippen LogP contribution in [0.1, 0.15) is 20.3 Å². The van der Waals surface area contributed by atoms with Crippen LogP contribution in [0.2, 0.25) is 0 Å². The van der Waals surface area contributed by atoms with E-state index in [1.54, 1.807) is 36.4 Å². The summed E-state index contributed by atoms with van der Waals surface area (Å²) in [7, 11) is 0. The number of nitrogens with one attached hydrogen (secondary N) is 3. The van der Waals surface area contributed by atoms with Gasteiger partial charge in [-0.3, -0.25) is 4.79 Å². The second-order valence-electron chi connectivity index (χ2n) is 6.29. The summed E-state index contributed by atoms with van der Waals surface area (Å²) in [6.07, 6.45) is 0.924. The van der Waals surface area contributed by atoms with E-state index in [2.05, 4.69) is 29.8 Å². The van der Waals surface area contributed by atoms with Gasteiger partial charge in [0.25, 0.3) is 5.91 Å². The highest BCUT2D eigenvalue weighted by atomic mass is 16.5. The Bertz CT molecular complexity index is 717. The molecule has 0 unspecified atom stereocenters. The fourth-order valence-corrected chi connectivity index (χ4v) is 2.18. The van der Waals surface area contributed by atoms with Gasteiger partial charge in [0.15, 0.2) is 6.61 Å². The first-order chi connectivity index (χ1) is 12.5. The van der Waals surface area contributed by atoms with Crippen LogP contribution in [-0.2, 0) is 4.79 Å². The van der Waals surface area contributed by atoms with Gasteiger partial charge in [-0.15, -0.1) is 0 Å². The molecule has 0 aromatic heterocycles. The van der Waals surface area contributed by atoms with Gasteiger partial charge in [-0.25, -0.2) is 4.79 Å². The van der Waals surface area contributed by atoms with E-state index in [-0.39, 0.29) is 18.5 Å². The molecule has 0 spiro atoms. The van der Waals surface area contributed by atoms with Crippen molar-refractivity contribution in [3.63, 3.8) is 0 Å². The van der Waals surface area contributed by atoms with Crippen LogP contribution in [0.5, 0.6) is 5.75 Å². The summed E-state index contributed by atoms with van der Waals surface area (Å²) < 4.78 is 5.49. The SMILES string of the molecule is CC(C)CCNC(=O)Nc1cccc(OCC(=O)Nc2ccccc2)c1. The van der Waals surface area contributed by atoms with Crippen LogP contribution >= 0.6 is 0 Å². The fourth-order valence-electron chi connectivity index (χ4n) is 2.18. The Balaban J connectivity index is 1.79. The summed E-state index contributed by atoms with van der Waals surface area (Å²) in [5.74, 6) is 0.795. The number of amides is 3. The fraction of sp³-hybridized carbons (Fsp3) is 0.300. The number of carbonyl (C=O) groups is 2. The third-order valence-electron chi connectivity index (χ3n) is 3.53. The maximum Gasteiger partial charge on any atom is 0.319 e. The Morgan fingerprint density at radius 3 is 2.42 bits per heavy atom. The summed E-state index contributed by atoms with van der Waals surface area (Å²) in [4.78, 5) is 23.8. The lowest BCUT2D eigenvalue weighted by molar-refractivity contribution is -0.118. The van der Waals surface area contributed by atoms with E-state index in [9.17, 15) is 9.59 Å². The third kappa shape index (κ3) is 7.25. The Morgan fingerprint density at radius 2 is 1.69 bits per heavy atom. The monoisotopic (exact) mass is 355 g/mol.